The van der Waals surface area contributed by atoms with Gasteiger partial charge in [0.25, 0.3) is 0 Å². The largest absolute Gasteiger partial charge is 0.389 e. The van der Waals surface area contributed by atoms with Crippen LogP contribution in [0, 0.1) is 17.1 Å². The van der Waals surface area contributed by atoms with E-state index in [0.29, 0.717) is 23.2 Å². The van der Waals surface area contributed by atoms with Crippen LogP contribution in [-0.2, 0) is 13.5 Å². The van der Waals surface area contributed by atoms with E-state index in [4.69, 9.17) is 5.26 Å². The molecule has 1 atom stereocenters. The quantitative estimate of drug-likeness (QED) is 0.790. The monoisotopic (exact) mass is 342 g/mol. The van der Waals surface area contributed by atoms with Gasteiger partial charge in [-0.2, -0.15) is 10.4 Å². The second kappa shape index (κ2) is 6.51. The summed E-state index contributed by atoms with van der Waals surface area (Å²) >= 11 is 1.48. The Labute approximate surface area is 142 Å². The van der Waals surface area contributed by atoms with Crippen molar-refractivity contribution < 1.29 is 9.50 Å². The Bertz CT molecular complexity index is 923. The molecule has 2 heterocycles. The molecule has 0 aliphatic carbocycles. The van der Waals surface area contributed by atoms with Crippen LogP contribution < -0.4 is 0 Å². The molecule has 1 N–H and O–H groups in total. The van der Waals surface area contributed by atoms with Crippen molar-refractivity contribution in [2.24, 2.45) is 7.05 Å². The van der Waals surface area contributed by atoms with Gasteiger partial charge in [-0.15, -0.1) is 11.3 Å². The van der Waals surface area contributed by atoms with E-state index in [1.165, 1.54) is 23.5 Å². The van der Waals surface area contributed by atoms with Crippen molar-refractivity contribution in [2.45, 2.75) is 19.4 Å². The van der Waals surface area contributed by atoms with E-state index in [1.807, 2.05) is 6.07 Å². The maximum Gasteiger partial charge on any atom is 0.162 e. The van der Waals surface area contributed by atoms with E-state index in [0.717, 1.165) is 16.3 Å². The van der Waals surface area contributed by atoms with Crippen LogP contribution in [0.1, 0.15) is 34.9 Å². The zero-order valence-electron chi connectivity index (χ0n) is 13.2. The summed E-state index contributed by atoms with van der Waals surface area (Å²) in [7, 11) is 1.79. The van der Waals surface area contributed by atoms with Crippen molar-refractivity contribution in [3.8, 4) is 17.3 Å². The molecular formula is C17H15FN4OS. The first-order chi connectivity index (χ1) is 11.5. The second-order valence-electron chi connectivity index (χ2n) is 5.46. The Kier molecular flexibility index (Phi) is 4.42. The fraction of sp³-hybridized carbons (Fsp3) is 0.235. The van der Waals surface area contributed by atoms with Gasteiger partial charge in [0.2, 0.25) is 0 Å². The van der Waals surface area contributed by atoms with Gasteiger partial charge in [0.15, 0.2) is 5.69 Å². The lowest BCUT2D eigenvalue weighted by Crippen LogP contribution is -2.01. The van der Waals surface area contributed by atoms with Gasteiger partial charge in [0.05, 0.1) is 17.3 Å². The Hall–Kier alpha value is -2.56. The average Bonchev–Trinajstić information content (AvgIpc) is 3.14. The Balaban J connectivity index is 2.03. The first kappa shape index (κ1) is 16.3. The van der Waals surface area contributed by atoms with Gasteiger partial charge in [0.1, 0.15) is 11.9 Å². The molecule has 7 heteroatoms. The summed E-state index contributed by atoms with van der Waals surface area (Å²) in [5, 5.41) is 23.0. The minimum atomic E-state index is -0.799. The molecule has 0 spiro atoms. The standard InChI is InChI=1S/C17H15FN4OS/c1-10(23)15-5-11(18)3-4-14(15)17-16(24-9-20-17)7-13-6-12(8-19)21-22(13)2/h3-6,9-10,23H,7H2,1-2H3/t10-/m1/s1. The number of nitrogens with zero attached hydrogens (tertiary/aromatic N) is 4. The number of benzene rings is 1. The fourth-order valence-electron chi connectivity index (χ4n) is 2.60. The Morgan fingerprint density at radius 2 is 2.21 bits per heavy atom. The lowest BCUT2D eigenvalue weighted by atomic mass is 9.99. The molecule has 0 radical (unpaired) electrons. The third-order valence-electron chi connectivity index (χ3n) is 3.79. The van der Waals surface area contributed by atoms with Gasteiger partial charge < -0.3 is 5.11 Å². The number of aromatic nitrogens is 3. The minimum Gasteiger partial charge on any atom is -0.389 e. The summed E-state index contributed by atoms with van der Waals surface area (Å²) in [6.07, 6.45) is -0.242. The van der Waals surface area contributed by atoms with Crippen molar-refractivity contribution in [2.75, 3.05) is 0 Å². The van der Waals surface area contributed by atoms with Gasteiger partial charge in [0, 0.05) is 29.6 Å². The first-order valence-electron chi connectivity index (χ1n) is 7.33. The molecular weight excluding hydrogens is 327 g/mol. The number of hydrogen-bond acceptors (Lipinski definition) is 5. The van der Waals surface area contributed by atoms with E-state index in [-0.39, 0.29) is 0 Å². The number of aryl methyl sites for hydroxylation is 1. The molecule has 3 rings (SSSR count). The fourth-order valence-corrected chi connectivity index (χ4v) is 3.39. The van der Waals surface area contributed by atoms with Crippen LogP contribution in [0.2, 0.25) is 0 Å². The Morgan fingerprint density at radius 3 is 2.88 bits per heavy atom. The molecule has 0 aliphatic rings. The lowest BCUT2D eigenvalue weighted by molar-refractivity contribution is 0.199. The molecule has 1 aromatic carbocycles. The number of halogens is 1. The number of aliphatic hydroxyl groups is 1. The van der Waals surface area contributed by atoms with Gasteiger partial charge >= 0.3 is 0 Å². The molecule has 3 aromatic rings. The van der Waals surface area contributed by atoms with Crippen LogP contribution in [-0.4, -0.2) is 19.9 Å². The number of thiazole rings is 1. The zero-order valence-corrected chi connectivity index (χ0v) is 14.0. The van der Waals surface area contributed by atoms with E-state index in [9.17, 15) is 9.50 Å². The normalized spacial score (nSPS) is 12.1. The van der Waals surface area contributed by atoms with Gasteiger partial charge in [-0.05, 0) is 36.8 Å². The molecule has 0 amide bonds. The SMILES string of the molecule is C[C@@H](O)c1cc(F)ccc1-c1ncsc1Cc1cc(C#N)nn1C. The van der Waals surface area contributed by atoms with Crippen molar-refractivity contribution in [3.63, 3.8) is 0 Å². The molecule has 122 valence electrons. The molecule has 0 fully saturated rings. The van der Waals surface area contributed by atoms with E-state index in [2.05, 4.69) is 10.1 Å². The number of rotatable bonds is 4. The summed E-state index contributed by atoms with van der Waals surface area (Å²) in [6, 6.07) is 8.10. The van der Waals surface area contributed by atoms with Crippen LogP contribution in [0.3, 0.4) is 0 Å². The summed E-state index contributed by atoms with van der Waals surface area (Å²) in [6.45, 7) is 1.60. The van der Waals surface area contributed by atoms with Crippen LogP contribution in [0.25, 0.3) is 11.3 Å². The summed E-state index contributed by atoms with van der Waals surface area (Å²) in [4.78, 5) is 5.37. The summed E-state index contributed by atoms with van der Waals surface area (Å²) in [5.74, 6) is -0.392. The highest BCUT2D eigenvalue weighted by molar-refractivity contribution is 7.10. The van der Waals surface area contributed by atoms with Crippen LogP contribution >= 0.6 is 11.3 Å². The van der Waals surface area contributed by atoms with Crippen LogP contribution in [0.4, 0.5) is 4.39 Å². The third kappa shape index (κ3) is 3.07. The molecule has 0 saturated carbocycles. The number of aliphatic hydroxyl groups excluding tert-OH is 1. The Morgan fingerprint density at radius 1 is 1.42 bits per heavy atom. The summed E-state index contributed by atoms with van der Waals surface area (Å²) < 4.78 is 15.2. The minimum absolute atomic E-state index is 0.366. The maximum absolute atomic E-state index is 13.5. The van der Waals surface area contributed by atoms with Crippen molar-refractivity contribution in [3.05, 3.63) is 57.4 Å². The third-order valence-corrected chi connectivity index (χ3v) is 4.63. The van der Waals surface area contributed by atoms with E-state index in [1.54, 1.807) is 36.3 Å². The lowest BCUT2D eigenvalue weighted by Gasteiger charge is -2.12. The molecule has 0 aliphatic heterocycles. The highest BCUT2D eigenvalue weighted by Gasteiger charge is 2.18. The molecule has 24 heavy (non-hydrogen) atoms. The van der Waals surface area contributed by atoms with Crippen molar-refractivity contribution in [1.82, 2.24) is 14.8 Å². The first-order valence-corrected chi connectivity index (χ1v) is 8.21. The second-order valence-corrected chi connectivity index (χ2v) is 6.40. The van der Waals surface area contributed by atoms with Crippen LogP contribution in [0.5, 0.6) is 0 Å². The van der Waals surface area contributed by atoms with Crippen LogP contribution in [0.15, 0.2) is 29.8 Å². The van der Waals surface area contributed by atoms with E-state index < -0.39 is 11.9 Å². The molecule has 5 nitrogen and oxygen atoms in total. The smallest absolute Gasteiger partial charge is 0.162 e. The highest BCUT2D eigenvalue weighted by atomic mass is 32.1. The zero-order chi connectivity index (χ0) is 17.3. The predicted octanol–water partition coefficient (Wildman–Crippen LogP) is 3.20. The van der Waals surface area contributed by atoms with Gasteiger partial charge in [-0.3, -0.25) is 4.68 Å². The number of hydrogen-bond donors (Lipinski definition) is 1. The van der Waals surface area contributed by atoms with Crippen molar-refractivity contribution >= 4 is 11.3 Å². The van der Waals surface area contributed by atoms with Gasteiger partial charge in [-0.25, -0.2) is 9.37 Å². The molecule has 2 aromatic heterocycles. The molecule has 0 unspecified atom stereocenters. The molecule has 0 bridgehead atoms. The van der Waals surface area contributed by atoms with Crippen molar-refractivity contribution in [1.29, 1.82) is 5.26 Å². The topological polar surface area (TPSA) is 74.7 Å². The number of nitriles is 1. The van der Waals surface area contributed by atoms with Gasteiger partial charge in [-0.1, -0.05) is 0 Å². The summed E-state index contributed by atoms with van der Waals surface area (Å²) in [5.41, 5.74) is 4.91. The predicted molar refractivity (Wildman–Crippen MR) is 88.9 cm³/mol. The average molecular weight is 342 g/mol. The molecule has 0 saturated heterocycles. The maximum atomic E-state index is 13.5. The highest BCUT2D eigenvalue weighted by Crippen LogP contribution is 2.33. The van der Waals surface area contributed by atoms with E-state index >= 15 is 0 Å².